The van der Waals surface area contributed by atoms with Crippen LogP contribution in [0.25, 0.3) is 0 Å². The van der Waals surface area contributed by atoms with Crippen molar-refractivity contribution in [2.45, 2.75) is 24.9 Å². The average Bonchev–Trinajstić information content (AvgIpc) is 3.37. The number of hydrogen-bond acceptors (Lipinski definition) is 10. The van der Waals surface area contributed by atoms with Gasteiger partial charge >= 0.3 is 11.9 Å². The molecule has 4 N–H and O–H groups in total. The number of ether oxygens (including phenoxy) is 2. The van der Waals surface area contributed by atoms with E-state index in [2.05, 4.69) is 26.5 Å². The quantitative estimate of drug-likeness (QED) is 0.0427. The zero-order valence-electron chi connectivity index (χ0n) is 38.0. The van der Waals surface area contributed by atoms with E-state index in [1.54, 1.807) is 97.1 Å². The van der Waals surface area contributed by atoms with Crippen LogP contribution >= 0.6 is 0 Å². The van der Waals surface area contributed by atoms with Gasteiger partial charge in [-0.15, -0.1) is 0 Å². The zero-order valence-corrected chi connectivity index (χ0v) is 38.0. The van der Waals surface area contributed by atoms with Crippen molar-refractivity contribution in [2.75, 3.05) is 60.8 Å². The molecule has 7 rings (SSSR count). The minimum Gasteiger partial charge on any atom is -0.492 e. The summed E-state index contributed by atoms with van der Waals surface area (Å²) in [6, 6.07) is 52.7. The van der Waals surface area contributed by atoms with Crippen molar-refractivity contribution >= 4 is 46.3 Å². The molecule has 7 aromatic carbocycles. The SMILES string of the molecule is CN(CCOc1ccc(C[C@H](Nc2ccccc2C(=O)c2ccccc2)C(=O)O)cc1)c1cccc(N(C)CCOc2ccc(C[C@@H](Nc3ccccc3C(=O)c3ccccc3)C(=O)O)cc2)c1. The van der Waals surface area contributed by atoms with Gasteiger partial charge in [0, 0.05) is 71.9 Å². The molecule has 0 heterocycles. The van der Waals surface area contributed by atoms with Gasteiger partial charge in [-0.3, -0.25) is 9.59 Å². The van der Waals surface area contributed by atoms with Crippen molar-refractivity contribution in [2.24, 2.45) is 0 Å². The van der Waals surface area contributed by atoms with Gasteiger partial charge in [-0.25, -0.2) is 9.59 Å². The number of benzene rings is 7. The Bertz CT molecular complexity index is 2600. The predicted molar refractivity (Wildman–Crippen MR) is 267 cm³/mol. The largest absolute Gasteiger partial charge is 0.492 e. The molecule has 2 atom stereocenters. The Morgan fingerprint density at radius 3 is 1.22 bits per heavy atom. The van der Waals surface area contributed by atoms with Gasteiger partial charge in [0.15, 0.2) is 11.6 Å². The molecule has 7 aromatic rings. The van der Waals surface area contributed by atoms with Crippen LogP contribution in [0.4, 0.5) is 22.7 Å². The molecule has 0 unspecified atom stereocenters. The number of carbonyl (C=O) groups excluding carboxylic acids is 2. The number of ketones is 2. The Morgan fingerprint density at radius 1 is 0.471 bits per heavy atom. The summed E-state index contributed by atoms with van der Waals surface area (Å²) in [6.07, 6.45) is 0.397. The topological polar surface area (TPSA) is 158 Å². The van der Waals surface area contributed by atoms with Crippen molar-refractivity contribution in [3.05, 3.63) is 215 Å². The molecular formula is C56H54N4O8. The van der Waals surface area contributed by atoms with Crippen LogP contribution in [0.2, 0.25) is 0 Å². The lowest BCUT2D eigenvalue weighted by Crippen LogP contribution is -2.32. The second-order valence-electron chi connectivity index (χ2n) is 16.3. The summed E-state index contributed by atoms with van der Waals surface area (Å²) in [5, 5.41) is 26.3. The van der Waals surface area contributed by atoms with Crippen LogP contribution in [0, 0.1) is 0 Å². The van der Waals surface area contributed by atoms with Crippen molar-refractivity contribution < 1.29 is 38.9 Å². The third-order valence-electron chi connectivity index (χ3n) is 11.5. The highest BCUT2D eigenvalue weighted by atomic mass is 16.5. The molecule has 68 heavy (non-hydrogen) atoms. The molecule has 0 saturated heterocycles. The van der Waals surface area contributed by atoms with Crippen LogP contribution in [-0.4, -0.2) is 86.2 Å². The lowest BCUT2D eigenvalue weighted by molar-refractivity contribution is -0.138. The number of anilines is 4. The Hall–Kier alpha value is -8.38. The monoisotopic (exact) mass is 910 g/mol. The summed E-state index contributed by atoms with van der Waals surface area (Å²) in [7, 11) is 4.01. The van der Waals surface area contributed by atoms with E-state index in [-0.39, 0.29) is 24.4 Å². The predicted octanol–water partition coefficient (Wildman–Crippen LogP) is 9.39. The van der Waals surface area contributed by atoms with Crippen LogP contribution in [0.15, 0.2) is 182 Å². The first-order valence-electron chi connectivity index (χ1n) is 22.3. The first kappa shape index (κ1) is 47.6. The molecule has 346 valence electrons. The van der Waals surface area contributed by atoms with E-state index in [1.807, 2.05) is 93.0 Å². The highest BCUT2D eigenvalue weighted by Crippen LogP contribution is 2.25. The summed E-state index contributed by atoms with van der Waals surface area (Å²) >= 11 is 0. The molecule has 0 amide bonds. The van der Waals surface area contributed by atoms with Gasteiger partial charge in [0.2, 0.25) is 0 Å². The van der Waals surface area contributed by atoms with E-state index in [4.69, 9.17) is 9.47 Å². The summed E-state index contributed by atoms with van der Waals surface area (Å²) in [6.45, 7) is 2.08. The van der Waals surface area contributed by atoms with E-state index in [1.165, 1.54) is 0 Å². The maximum atomic E-state index is 13.2. The van der Waals surface area contributed by atoms with Gasteiger partial charge < -0.3 is 40.1 Å². The van der Waals surface area contributed by atoms with Crippen LogP contribution in [0.1, 0.15) is 43.0 Å². The first-order valence-corrected chi connectivity index (χ1v) is 22.3. The number of rotatable bonds is 24. The zero-order chi connectivity index (χ0) is 47.8. The maximum Gasteiger partial charge on any atom is 0.326 e. The van der Waals surface area contributed by atoms with Crippen molar-refractivity contribution in [3.63, 3.8) is 0 Å². The lowest BCUT2D eigenvalue weighted by atomic mass is 10.00. The number of hydrogen-bond donors (Lipinski definition) is 4. The maximum absolute atomic E-state index is 13.2. The molecule has 0 aromatic heterocycles. The molecule has 0 fully saturated rings. The van der Waals surface area contributed by atoms with E-state index >= 15 is 0 Å². The fraction of sp³-hybridized carbons (Fsp3) is 0.179. The molecule has 0 aliphatic heterocycles. The number of carboxylic acids is 2. The minimum atomic E-state index is -1.03. The molecule has 0 aliphatic carbocycles. The molecule has 12 nitrogen and oxygen atoms in total. The van der Waals surface area contributed by atoms with E-state index < -0.39 is 24.0 Å². The Balaban J connectivity index is 0.849. The fourth-order valence-corrected chi connectivity index (χ4v) is 7.62. The number of carbonyl (C=O) groups is 4. The third-order valence-corrected chi connectivity index (χ3v) is 11.5. The number of para-hydroxylation sites is 2. The minimum absolute atomic E-state index is 0.186. The Morgan fingerprint density at radius 2 is 0.838 bits per heavy atom. The van der Waals surface area contributed by atoms with Gasteiger partial charge in [-0.2, -0.15) is 0 Å². The normalized spacial score (nSPS) is 11.7. The summed E-state index contributed by atoms with van der Waals surface area (Å²) in [5.41, 5.74) is 6.43. The molecule has 0 saturated carbocycles. The van der Waals surface area contributed by atoms with E-state index in [0.29, 0.717) is 71.4 Å². The third kappa shape index (κ3) is 12.9. The summed E-state index contributed by atoms with van der Waals surface area (Å²) in [4.78, 5) is 55.3. The number of carboxylic acid groups (broad SMARTS) is 2. The molecule has 12 heteroatoms. The van der Waals surface area contributed by atoms with Crippen molar-refractivity contribution in [1.29, 1.82) is 0 Å². The summed E-state index contributed by atoms with van der Waals surface area (Å²) < 4.78 is 12.1. The standard InChI is InChI=1S/C56H54N4O8/c1-59(32-34-67-45-28-24-39(25-29-45)36-51(55(63)64)57-49-22-11-9-20-47(49)53(61)41-14-5-3-6-15-41)43-18-13-19-44(38-43)60(2)33-35-68-46-30-26-40(27-31-46)37-52(56(65)66)58-50-23-12-10-21-48(50)54(62)42-16-7-4-8-17-42/h3-31,38,51-52,57-58H,32-37H2,1-2H3,(H,63,64)(H,65,66)/t51-,52+. The van der Waals surface area contributed by atoms with Crippen LogP contribution in [0.3, 0.4) is 0 Å². The lowest BCUT2D eigenvalue weighted by Gasteiger charge is -2.24. The number of likely N-dealkylation sites (N-methyl/N-ethyl adjacent to an activating group) is 2. The van der Waals surface area contributed by atoms with Gasteiger partial charge in [0.05, 0.1) is 13.1 Å². The number of nitrogens with one attached hydrogen (secondary N) is 2. The summed E-state index contributed by atoms with van der Waals surface area (Å²) in [5.74, 6) is -1.09. The molecule has 0 spiro atoms. The van der Waals surface area contributed by atoms with Gasteiger partial charge in [-0.1, -0.05) is 115 Å². The molecule has 0 aliphatic rings. The molecule has 0 bridgehead atoms. The molecular weight excluding hydrogens is 857 g/mol. The van der Waals surface area contributed by atoms with E-state index in [0.717, 1.165) is 22.5 Å². The van der Waals surface area contributed by atoms with Gasteiger partial charge in [-0.05, 0) is 77.9 Å². The van der Waals surface area contributed by atoms with Crippen LogP contribution < -0.4 is 29.9 Å². The highest BCUT2D eigenvalue weighted by molar-refractivity contribution is 6.13. The van der Waals surface area contributed by atoms with Crippen molar-refractivity contribution in [3.8, 4) is 11.5 Å². The van der Waals surface area contributed by atoms with Gasteiger partial charge in [0.25, 0.3) is 0 Å². The number of nitrogens with zero attached hydrogens (tertiary/aromatic N) is 2. The van der Waals surface area contributed by atoms with Crippen LogP contribution in [0.5, 0.6) is 11.5 Å². The van der Waals surface area contributed by atoms with Crippen molar-refractivity contribution in [1.82, 2.24) is 0 Å². The first-order chi connectivity index (χ1) is 33.0. The average molecular weight is 911 g/mol. The fourth-order valence-electron chi connectivity index (χ4n) is 7.62. The second-order valence-corrected chi connectivity index (χ2v) is 16.3. The smallest absolute Gasteiger partial charge is 0.326 e. The van der Waals surface area contributed by atoms with Crippen LogP contribution in [-0.2, 0) is 22.4 Å². The Labute approximate surface area is 396 Å². The Kier molecular flexibility index (Phi) is 16.2. The molecule has 0 radical (unpaired) electrons. The van der Waals surface area contributed by atoms with E-state index in [9.17, 15) is 29.4 Å². The van der Waals surface area contributed by atoms with Gasteiger partial charge in [0.1, 0.15) is 36.8 Å². The highest BCUT2D eigenvalue weighted by Gasteiger charge is 2.23. The second kappa shape index (κ2) is 23.2. The number of aliphatic carboxylic acids is 2.